The lowest BCUT2D eigenvalue weighted by atomic mass is 10.2. The van der Waals surface area contributed by atoms with Crippen LogP contribution >= 0.6 is 0 Å². The average molecular weight is 211 g/mol. The normalized spacial score (nSPS) is 16.9. The van der Waals surface area contributed by atoms with Crippen LogP contribution in [-0.4, -0.2) is 43.2 Å². The number of rotatable bonds is 6. The highest BCUT2D eigenvalue weighted by Crippen LogP contribution is 2.34. The molecule has 2 N–H and O–H groups in total. The number of carbonyl (C=O) groups excluding carboxylic acids is 1. The van der Waals surface area contributed by atoms with Crippen molar-refractivity contribution in [3.05, 3.63) is 0 Å². The van der Waals surface area contributed by atoms with Gasteiger partial charge in [0.2, 0.25) is 5.91 Å². The van der Waals surface area contributed by atoms with Gasteiger partial charge in [-0.3, -0.25) is 4.79 Å². The van der Waals surface area contributed by atoms with E-state index in [2.05, 4.69) is 0 Å². The summed E-state index contributed by atoms with van der Waals surface area (Å²) in [7, 11) is 1.59. The van der Waals surface area contributed by atoms with E-state index in [1.807, 2.05) is 6.07 Å². The highest BCUT2D eigenvalue weighted by molar-refractivity contribution is 5.89. The van der Waals surface area contributed by atoms with Crippen LogP contribution in [0.1, 0.15) is 19.3 Å². The van der Waals surface area contributed by atoms with E-state index < -0.39 is 5.54 Å². The van der Waals surface area contributed by atoms with Crippen molar-refractivity contribution < 1.29 is 9.53 Å². The Balaban J connectivity index is 2.47. The number of amides is 1. The molecule has 1 amide bonds. The summed E-state index contributed by atoms with van der Waals surface area (Å²) in [5.41, 5.74) is 5.17. The summed E-state index contributed by atoms with van der Waals surface area (Å²) in [6, 6.07) is 2.03. The molecule has 0 aromatic carbocycles. The molecule has 1 fully saturated rings. The first kappa shape index (κ1) is 12.0. The Morgan fingerprint density at radius 1 is 1.60 bits per heavy atom. The fraction of sp³-hybridized carbons (Fsp3) is 0.800. The van der Waals surface area contributed by atoms with Crippen molar-refractivity contribution in [1.82, 2.24) is 4.90 Å². The maximum atomic E-state index is 11.9. The predicted molar refractivity (Wildman–Crippen MR) is 54.8 cm³/mol. The Morgan fingerprint density at radius 2 is 2.27 bits per heavy atom. The fourth-order valence-electron chi connectivity index (χ4n) is 1.36. The molecule has 0 aliphatic heterocycles. The number of hydrogen-bond acceptors (Lipinski definition) is 4. The molecule has 0 atom stereocenters. The standard InChI is InChI=1S/C10H17N3O2/c1-15-8-7-13(6-2-5-11)9(14)10(12)3-4-10/h2-4,6-8,12H2,1H3. The number of carbonyl (C=O) groups is 1. The van der Waals surface area contributed by atoms with E-state index in [1.165, 1.54) is 0 Å². The monoisotopic (exact) mass is 211 g/mol. The van der Waals surface area contributed by atoms with Crippen molar-refractivity contribution in [2.24, 2.45) is 5.73 Å². The van der Waals surface area contributed by atoms with E-state index >= 15 is 0 Å². The molecule has 0 aromatic heterocycles. The quantitative estimate of drug-likeness (QED) is 0.663. The molecular formula is C10H17N3O2. The molecule has 1 aliphatic rings. The summed E-state index contributed by atoms with van der Waals surface area (Å²) in [4.78, 5) is 13.5. The third-order valence-corrected chi connectivity index (χ3v) is 2.56. The van der Waals surface area contributed by atoms with Crippen LogP contribution in [0.3, 0.4) is 0 Å². The van der Waals surface area contributed by atoms with Crippen LogP contribution in [0.5, 0.6) is 0 Å². The van der Waals surface area contributed by atoms with Gasteiger partial charge in [0.15, 0.2) is 0 Å². The fourth-order valence-corrected chi connectivity index (χ4v) is 1.36. The number of hydrogen-bond donors (Lipinski definition) is 1. The zero-order valence-corrected chi connectivity index (χ0v) is 9.03. The maximum absolute atomic E-state index is 11.9. The summed E-state index contributed by atoms with van der Waals surface area (Å²) >= 11 is 0. The second-order valence-electron chi connectivity index (χ2n) is 3.85. The molecule has 5 nitrogen and oxygen atoms in total. The van der Waals surface area contributed by atoms with E-state index in [-0.39, 0.29) is 5.91 Å². The van der Waals surface area contributed by atoms with Gasteiger partial charge in [-0.1, -0.05) is 0 Å². The molecule has 0 aromatic rings. The third kappa shape index (κ3) is 3.18. The summed E-state index contributed by atoms with van der Waals surface area (Å²) in [6.07, 6.45) is 1.84. The van der Waals surface area contributed by atoms with Crippen molar-refractivity contribution in [1.29, 1.82) is 5.26 Å². The van der Waals surface area contributed by atoms with E-state index in [4.69, 9.17) is 15.7 Å². The molecule has 0 heterocycles. The SMILES string of the molecule is COCCN(CCC#N)C(=O)C1(N)CC1. The third-order valence-electron chi connectivity index (χ3n) is 2.56. The summed E-state index contributed by atoms with van der Waals surface area (Å²) < 4.78 is 4.92. The molecule has 84 valence electrons. The first-order chi connectivity index (χ1) is 7.14. The minimum Gasteiger partial charge on any atom is -0.383 e. The van der Waals surface area contributed by atoms with Gasteiger partial charge >= 0.3 is 0 Å². The summed E-state index contributed by atoms with van der Waals surface area (Å²) in [6.45, 7) is 1.43. The Bertz CT molecular complexity index is 268. The van der Waals surface area contributed by atoms with Gasteiger partial charge in [0.05, 0.1) is 24.6 Å². The van der Waals surface area contributed by atoms with Crippen molar-refractivity contribution in [3.63, 3.8) is 0 Å². The largest absolute Gasteiger partial charge is 0.383 e. The van der Waals surface area contributed by atoms with Crippen molar-refractivity contribution in [3.8, 4) is 6.07 Å². The molecule has 0 unspecified atom stereocenters. The van der Waals surface area contributed by atoms with Crippen molar-refractivity contribution in [2.75, 3.05) is 26.8 Å². The topological polar surface area (TPSA) is 79.3 Å². The smallest absolute Gasteiger partial charge is 0.242 e. The van der Waals surface area contributed by atoms with Crippen molar-refractivity contribution in [2.45, 2.75) is 24.8 Å². The van der Waals surface area contributed by atoms with Crippen LogP contribution in [0.25, 0.3) is 0 Å². The summed E-state index contributed by atoms with van der Waals surface area (Å²) in [5, 5.41) is 8.49. The minimum absolute atomic E-state index is 0.0465. The number of methoxy groups -OCH3 is 1. The number of ether oxygens (including phenoxy) is 1. The van der Waals surface area contributed by atoms with Crippen molar-refractivity contribution >= 4 is 5.91 Å². The van der Waals surface area contributed by atoms with Gasteiger partial charge < -0.3 is 15.4 Å². The average Bonchev–Trinajstić information content (AvgIpc) is 2.97. The maximum Gasteiger partial charge on any atom is 0.242 e. The lowest BCUT2D eigenvalue weighted by molar-refractivity contribution is -0.134. The number of nitrogens with zero attached hydrogens (tertiary/aromatic N) is 2. The first-order valence-corrected chi connectivity index (χ1v) is 5.08. The van der Waals surface area contributed by atoms with Crippen LogP contribution in [-0.2, 0) is 9.53 Å². The summed E-state index contributed by atoms with van der Waals surface area (Å²) in [5.74, 6) is -0.0465. The second kappa shape index (κ2) is 5.10. The Morgan fingerprint density at radius 3 is 2.73 bits per heavy atom. The molecule has 0 saturated heterocycles. The highest BCUT2D eigenvalue weighted by atomic mass is 16.5. The van der Waals surface area contributed by atoms with Gasteiger partial charge in [0.25, 0.3) is 0 Å². The lowest BCUT2D eigenvalue weighted by Gasteiger charge is -2.24. The van der Waals surface area contributed by atoms with Crippen LogP contribution in [0.15, 0.2) is 0 Å². The molecule has 1 aliphatic carbocycles. The van der Waals surface area contributed by atoms with Crippen LogP contribution in [0.4, 0.5) is 0 Å². The van der Waals surface area contributed by atoms with Crippen LogP contribution < -0.4 is 5.73 Å². The lowest BCUT2D eigenvalue weighted by Crippen LogP contribution is -2.47. The predicted octanol–water partition coefficient (Wildman–Crippen LogP) is -0.134. The Hall–Kier alpha value is -1.12. The van der Waals surface area contributed by atoms with E-state index in [9.17, 15) is 4.79 Å². The van der Waals surface area contributed by atoms with E-state index in [0.29, 0.717) is 26.1 Å². The second-order valence-corrected chi connectivity index (χ2v) is 3.85. The zero-order valence-electron chi connectivity index (χ0n) is 9.03. The molecule has 5 heteroatoms. The Kier molecular flexibility index (Phi) is 4.06. The first-order valence-electron chi connectivity index (χ1n) is 5.08. The highest BCUT2D eigenvalue weighted by Gasteiger charge is 2.47. The molecule has 1 saturated carbocycles. The number of nitriles is 1. The Labute approximate surface area is 89.8 Å². The van der Waals surface area contributed by atoms with Crippen LogP contribution in [0.2, 0.25) is 0 Å². The van der Waals surface area contributed by atoms with E-state index in [1.54, 1.807) is 12.0 Å². The molecule has 0 spiro atoms. The van der Waals surface area contributed by atoms with Gasteiger partial charge in [-0.25, -0.2) is 0 Å². The molecule has 1 rings (SSSR count). The molecular weight excluding hydrogens is 194 g/mol. The zero-order chi connectivity index (χ0) is 11.3. The van der Waals surface area contributed by atoms with Gasteiger partial charge in [0, 0.05) is 20.2 Å². The molecule has 15 heavy (non-hydrogen) atoms. The van der Waals surface area contributed by atoms with Gasteiger partial charge in [0.1, 0.15) is 0 Å². The van der Waals surface area contributed by atoms with E-state index in [0.717, 1.165) is 12.8 Å². The van der Waals surface area contributed by atoms with Gasteiger partial charge in [-0.2, -0.15) is 5.26 Å². The van der Waals surface area contributed by atoms with Gasteiger partial charge in [-0.15, -0.1) is 0 Å². The molecule has 0 radical (unpaired) electrons. The minimum atomic E-state index is -0.650. The van der Waals surface area contributed by atoms with Crippen LogP contribution in [0, 0.1) is 11.3 Å². The number of nitrogens with two attached hydrogens (primary N) is 1. The van der Waals surface area contributed by atoms with Gasteiger partial charge in [-0.05, 0) is 12.8 Å². The molecule has 0 bridgehead atoms.